The highest BCUT2D eigenvalue weighted by atomic mass is 32.2. The second-order valence-corrected chi connectivity index (χ2v) is 6.33. The summed E-state index contributed by atoms with van der Waals surface area (Å²) in [6.07, 6.45) is 5.78. The van der Waals surface area contributed by atoms with E-state index in [9.17, 15) is 4.79 Å². The van der Waals surface area contributed by atoms with Crippen LogP contribution in [0.1, 0.15) is 31.4 Å². The van der Waals surface area contributed by atoms with Crippen LogP contribution in [0.25, 0.3) is 0 Å². The fraction of sp³-hybridized carbons (Fsp3) is 0.600. The smallest absolute Gasteiger partial charge is 0.221 e. The van der Waals surface area contributed by atoms with Gasteiger partial charge in [-0.15, -0.1) is 0 Å². The van der Waals surface area contributed by atoms with Gasteiger partial charge in [0.25, 0.3) is 0 Å². The molecule has 0 spiro atoms. The zero-order valence-corrected chi connectivity index (χ0v) is 12.6. The molecule has 1 aliphatic rings. The van der Waals surface area contributed by atoms with E-state index < -0.39 is 0 Å². The fourth-order valence-electron chi connectivity index (χ4n) is 2.61. The molecular formula is C15H23N3OS. The molecule has 1 aromatic heterocycles. The van der Waals surface area contributed by atoms with Crippen LogP contribution >= 0.6 is 11.8 Å². The van der Waals surface area contributed by atoms with Gasteiger partial charge in [0.15, 0.2) is 0 Å². The molecule has 0 saturated heterocycles. The number of carbonyl (C=O) groups is 1. The van der Waals surface area contributed by atoms with Gasteiger partial charge in [0.05, 0.1) is 5.69 Å². The second-order valence-electron chi connectivity index (χ2n) is 5.22. The highest BCUT2D eigenvalue weighted by Gasteiger charge is 2.26. The highest BCUT2D eigenvalue weighted by Crippen LogP contribution is 2.24. The largest absolute Gasteiger partial charge is 0.353 e. The maximum absolute atomic E-state index is 11.9. The molecule has 20 heavy (non-hydrogen) atoms. The van der Waals surface area contributed by atoms with Crippen molar-refractivity contribution in [1.29, 1.82) is 0 Å². The number of thioether (sulfide) groups is 1. The molecular weight excluding hydrogens is 270 g/mol. The Morgan fingerprint density at radius 2 is 2.35 bits per heavy atom. The standard InChI is InChI=1S/C15H23N3OS/c16-10-12-4-3-6-14(12)18-15(19)7-9-20-11-13-5-1-2-8-17-13/h1-2,5,8,12,14H,3-4,6-7,9-11,16H2,(H,18,19). The predicted octanol–water partition coefficient (Wildman–Crippen LogP) is 1.95. The monoisotopic (exact) mass is 293 g/mol. The first-order valence-corrected chi connectivity index (χ1v) is 8.42. The van der Waals surface area contributed by atoms with Crippen molar-refractivity contribution in [1.82, 2.24) is 10.3 Å². The van der Waals surface area contributed by atoms with Gasteiger partial charge < -0.3 is 11.1 Å². The third kappa shape index (κ3) is 4.80. The van der Waals surface area contributed by atoms with Gasteiger partial charge >= 0.3 is 0 Å². The van der Waals surface area contributed by atoms with E-state index in [2.05, 4.69) is 10.3 Å². The van der Waals surface area contributed by atoms with Crippen molar-refractivity contribution in [3.05, 3.63) is 30.1 Å². The van der Waals surface area contributed by atoms with Gasteiger partial charge in [0.2, 0.25) is 5.91 Å². The van der Waals surface area contributed by atoms with Gasteiger partial charge in [-0.25, -0.2) is 0 Å². The van der Waals surface area contributed by atoms with Gasteiger partial charge in [-0.1, -0.05) is 12.5 Å². The van der Waals surface area contributed by atoms with E-state index in [0.29, 0.717) is 24.9 Å². The first-order chi connectivity index (χ1) is 9.79. The fourth-order valence-corrected chi connectivity index (χ4v) is 3.47. The lowest BCUT2D eigenvalue weighted by Crippen LogP contribution is -2.39. The molecule has 0 aromatic carbocycles. The maximum atomic E-state index is 11.9. The number of pyridine rings is 1. The molecule has 0 radical (unpaired) electrons. The number of nitrogens with two attached hydrogens (primary N) is 1. The van der Waals surface area contributed by atoms with Gasteiger partial charge in [-0.05, 0) is 37.4 Å². The van der Waals surface area contributed by atoms with Crippen molar-refractivity contribution in [3.8, 4) is 0 Å². The molecule has 2 atom stereocenters. The number of aromatic nitrogens is 1. The molecule has 110 valence electrons. The van der Waals surface area contributed by atoms with E-state index >= 15 is 0 Å². The zero-order chi connectivity index (χ0) is 14.2. The van der Waals surface area contributed by atoms with Crippen LogP contribution in [0, 0.1) is 5.92 Å². The van der Waals surface area contributed by atoms with Crippen LogP contribution in [0.2, 0.25) is 0 Å². The number of amides is 1. The highest BCUT2D eigenvalue weighted by molar-refractivity contribution is 7.98. The third-order valence-corrected chi connectivity index (χ3v) is 4.75. The van der Waals surface area contributed by atoms with Crippen LogP contribution in [0.3, 0.4) is 0 Å². The zero-order valence-electron chi connectivity index (χ0n) is 11.8. The number of nitrogens with one attached hydrogen (secondary N) is 1. The number of hydrogen-bond acceptors (Lipinski definition) is 4. The summed E-state index contributed by atoms with van der Waals surface area (Å²) in [7, 11) is 0. The third-order valence-electron chi connectivity index (χ3n) is 3.76. The Bertz CT molecular complexity index is 413. The summed E-state index contributed by atoms with van der Waals surface area (Å²) in [5.41, 5.74) is 6.79. The van der Waals surface area contributed by atoms with Crippen molar-refractivity contribution >= 4 is 17.7 Å². The summed E-state index contributed by atoms with van der Waals surface area (Å²) < 4.78 is 0. The normalized spacial score (nSPS) is 21.9. The van der Waals surface area contributed by atoms with E-state index in [1.54, 1.807) is 18.0 Å². The Kier molecular flexibility index (Phi) is 6.33. The lowest BCUT2D eigenvalue weighted by Gasteiger charge is -2.19. The van der Waals surface area contributed by atoms with Crippen molar-refractivity contribution in [3.63, 3.8) is 0 Å². The Hall–Kier alpha value is -1.07. The number of carbonyl (C=O) groups excluding carboxylic acids is 1. The summed E-state index contributed by atoms with van der Waals surface area (Å²) >= 11 is 1.75. The molecule has 0 bridgehead atoms. The van der Waals surface area contributed by atoms with Crippen LogP contribution in [-0.4, -0.2) is 29.2 Å². The predicted molar refractivity (Wildman–Crippen MR) is 83.3 cm³/mol. The lowest BCUT2D eigenvalue weighted by atomic mass is 10.0. The molecule has 1 amide bonds. The van der Waals surface area contributed by atoms with Crippen LogP contribution < -0.4 is 11.1 Å². The first-order valence-electron chi connectivity index (χ1n) is 7.26. The number of rotatable bonds is 7. The van der Waals surface area contributed by atoms with Gasteiger partial charge in [-0.2, -0.15) is 11.8 Å². The Morgan fingerprint density at radius 3 is 3.10 bits per heavy atom. The van der Waals surface area contributed by atoms with Crippen molar-refractivity contribution in [2.24, 2.45) is 11.7 Å². The van der Waals surface area contributed by atoms with E-state index in [1.165, 1.54) is 6.42 Å². The molecule has 1 heterocycles. The van der Waals surface area contributed by atoms with Crippen LogP contribution in [-0.2, 0) is 10.5 Å². The van der Waals surface area contributed by atoms with Crippen molar-refractivity contribution in [2.75, 3.05) is 12.3 Å². The molecule has 4 nitrogen and oxygen atoms in total. The minimum Gasteiger partial charge on any atom is -0.353 e. The Labute approximate surface area is 124 Å². The first kappa shape index (κ1) is 15.3. The van der Waals surface area contributed by atoms with Crippen LogP contribution in [0.15, 0.2) is 24.4 Å². The van der Waals surface area contributed by atoms with E-state index in [4.69, 9.17) is 5.73 Å². The molecule has 1 fully saturated rings. The van der Waals surface area contributed by atoms with Gasteiger partial charge in [0.1, 0.15) is 0 Å². The van der Waals surface area contributed by atoms with Crippen LogP contribution in [0.4, 0.5) is 0 Å². The summed E-state index contributed by atoms with van der Waals surface area (Å²) in [5, 5.41) is 3.13. The van der Waals surface area contributed by atoms with Gasteiger partial charge in [0, 0.05) is 30.2 Å². The van der Waals surface area contributed by atoms with Gasteiger partial charge in [-0.3, -0.25) is 9.78 Å². The number of hydrogen-bond donors (Lipinski definition) is 2. The molecule has 3 N–H and O–H groups in total. The Morgan fingerprint density at radius 1 is 1.45 bits per heavy atom. The Balaban J connectivity index is 1.61. The SMILES string of the molecule is NCC1CCCC1NC(=O)CCSCc1ccccn1. The average Bonchev–Trinajstić information content (AvgIpc) is 2.92. The average molecular weight is 293 g/mol. The molecule has 2 unspecified atom stereocenters. The van der Waals surface area contributed by atoms with E-state index in [-0.39, 0.29) is 5.91 Å². The quantitative estimate of drug-likeness (QED) is 0.754. The summed E-state index contributed by atoms with van der Waals surface area (Å²) in [6.45, 7) is 0.680. The molecule has 2 rings (SSSR count). The minimum absolute atomic E-state index is 0.156. The second kappa shape index (κ2) is 8.27. The summed E-state index contributed by atoms with van der Waals surface area (Å²) in [5.74, 6) is 2.33. The van der Waals surface area contributed by atoms with Crippen LogP contribution in [0.5, 0.6) is 0 Å². The lowest BCUT2D eigenvalue weighted by molar-refractivity contribution is -0.121. The van der Waals surface area contributed by atoms with Crippen molar-refractivity contribution in [2.45, 2.75) is 37.5 Å². The van der Waals surface area contributed by atoms with Crippen molar-refractivity contribution < 1.29 is 4.79 Å². The molecule has 5 heteroatoms. The topological polar surface area (TPSA) is 68.0 Å². The summed E-state index contributed by atoms with van der Waals surface area (Å²) in [6, 6.07) is 6.21. The molecule has 1 aromatic rings. The van der Waals surface area contributed by atoms with E-state index in [1.807, 2.05) is 18.2 Å². The maximum Gasteiger partial charge on any atom is 0.221 e. The minimum atomic E-state index is 0.156. The molecule has 1 saturated carbocycles. The van der Waals surface area contributed by atoms with E-state index in [0.717, 1.165) is 30.0 Å². The summed E-state index contributed by atoms with van der Waals surface area (Å²) in [4.78, 5) is 16.2. The number of nitrogens with zero attached hydrogens (tertiary/aromatic N) is 1. The molecule has 1 aliphatic carbocycles. The molecule has 0 aliphatic heterocycles.